The van der Waals surface area contributed by atoms with E-state index < -0.39 is 10.0 Å². The van der Waals surface area contributed by atoms with Crippen LogP contribution in [-0.2, 0) is 16.6 Å². The fraction of sp³-hybridized carbons (Fsp3) is 0.0455. The Balaban J connectivity index is 1.53. The maximum atomic E-state index is 12.8. The van der Waals surface area contributed by atoms with Gasteiger partial charge in [-0.25, -0.2) is 13.1 Å². The lowest BCUT2D eigenvalue weighted by Crippen LogP contribution is -2.23. The third-order valence-electron chi connectivity index (χ3n) is 4.46. The minimum Gasteiger partial charge on any atom is -0.256 e. The number of rotatable bonds is 6. The van der Waals surface area contributed by atoms with Gasteiger partial charge in [-0.15, -0.1) is 0 Å². The first-order valence-corrected chi connectivity index (χ1v) is 11.7. The standard InChI is InChI=1S/C22H17ClN2O2S2/c23-20-5-1-3-17(13-20)16-6-8-21(9-7-16)29(26,27)25-14-18-4-2-11-24-22(18)19-10-12-28-15-19/h1-13,15,25H,14H2. The van der Waals surface area contributed by atoms with Gasteiger partial charge in [-0.1, -0.05) is 41.9 Å². The predicted octanol–water partition coefficient (Wildman–Crippen LogP) is 5.61. The SMILES string of the molecule is O=S(=O)(NCc1cccnc1-c1ccsc1)c1ccc(-c2cccc(Cl)c2)cc1. The first-order chi connectivity index (χ1) is 14.0. The second-order valence-electron chi connectivity index (χ2n) is 6.38. The minimum absolute atomic E-state index is 0.164. The molecular weight excluding hydrogens is 424 g/mol. The van der Waals surface area contributed by atoms with E-state index in [1.165, 1.54) is 0 Å². The molecule has 29 heavy (non-hydrogen) atoms. The number of thiophene rings is 1. The van der Waals surface area contributed by atoms with Crippen molar-refractivity contribution >= 4 is 33.0 Å². The lowest BCUT2D eigenvalue weighted by molar-refractivity contribution is 0.581. The van der Waals surface area contributed by atoms with Crippen LogP contribution in [0.25, 0.3) is 22.4 Å². The zero-order chi connectivity index (χ0) is 20.3. The van der Waals surface area contributed by atoms with Crippen LogP contribution in [-0.4, -0.2) is 13.4 Å². The van der Waals surface area contributed by atoms with E-state index in [0.29, 0.717) is 5.02 Å². The maximum Gasteiger partial charge on any atom is 0.240 e. The van der Waals surface area contributed by atoms with Crippen LogP contribution in [0, 0.1) is 0 Å². The van der Waals surface area contributed by atoms with Crippen molar-refractivity contribution in [1.29, 1.82) is 0 Å². The van der Waals surface area contributed by atoms with Crippen LogP contribution in [0.1, 0.15) is 5.56 Å². The lowest BCUT2D eigenvalue weighted by Gasteiger charge is -2.10. The molecule has 4 aromatic rings. The molecule has 0 fully saturated rings. The molecule has 0 unspecified atom stereocenters. The summed E-state index contributed by atoms with van der Waals surface area (Å²) in [6.07, 6.45) is 1.71. The van der Waals surface area contributed by atoms with Gasteiger partial charge in [-0.3, -0.25) is 4.98 Å². The summed E-state index contributed by atoms with van der Waals surface area (Å²) in [4.78, 5) is 4.62. The van der Waals surface area contributed by atoms with Crippen molar-refractivity contribution < 1.29 is 8.42 Å². The van der Waals surface area contributed by atoms with Crippen LogP contribution < -0.4 is 4.72 Å². The van der Waals surface area contributed by atoms with Crippen molar-refractivity contribution in [3.63, 3.8) is 0 Å². The average molecular weight is 441 g/mol. The molecule has 2 aromatic carbocycles. The first-order valence-electron chi connectivity index (χ1n) is 8.85. The van der Waals surface area contributed by atoms with Crippen LogP contribution in [0.2, 0.25) is 5.02 Å². The van der Waals surface area contributed by atoms with Gasteiger partial charge in [0.05, 0.1) is 10.6 Å². The molecule has 0 aliphatic carbocycles. The Bertz CT molecular complexity index is 1220. The van der Waals surface area contributed by atoms with E-state index in [9.17, 15) is 8.42 Å². The molecule has 0 amide bonds. The summed E-state index contributed by atoms with van der Waals surface area (Å²) in [6, 6.07) is 19.9. The first kappa shape index (κ1) is 19.8. The fourth-order valence-electron chi connectivity index (χ4n) is 2.99. The lowest BCUT2D eigenvalue weighted by atomic mass is 10.1. The number of sulfonamides is 1. The smallest absolute Gasteiger partial charge is 0.240 e. The van der Waals surface area contributed by atoms with E-state index in [1.807, 2.05) is 41.1 Å². The zero-order valence-corrected chi connectivity index (χ0v) is 17.6. The maximum absolute atomic E-state index is 12.8. The number of nitrogens with zero attached hydrogens (tertiary/aromatic N) is 1. The quantitative estimate of drug-likeness (QED) is 0.424. The molecule has 2 aromatic heterocycles. The molecule has 0 spiro atoms. The van der Waals surface area contributed by atoms with E-state index in [-0.39, 0.29) is 11.4 Å². The summed E-state index contributed by atoms with van der Waals surface area (Å²) >= 11 is 7.61. The summed E-state index contributed by atoms with van der Waals surface area (Å²) < 4.78 is 28.2. The molecule has 2 heterocycles. The van der Waals surface area contributed by atoms with E-state index in [1.54, 1.807) is 53.9 Å². The van der Waals surface area contributed by atoms with Gasteiger partial charge >= 0.3 is 0 Å². The Labute approximate surface area is 178 Å². The number of halogens is 1. The number of benzene rings is 2. The molecule has 4 rings (SSSR count). The van der Waals surface area contributed by atoms with E-state index in [4.69, 9.17) is 11.6 Å². The molecule has 7 heteroatoms. The molecule has 146 valence electrons. The molecule has 1 N–H and O–H groups in total. The molecule has 0 saturated heterocycles. The van der Waals surface area contributed by atoms with Gasteiger partial charge in [0.1, 0.15) is 0 Å². The van der Waals surface area contributed by atoms with Crippen molar-refractivity contribution in [2.45, 2.75) is 11.4 Å². The van der Waals surface area contributed by atoms with Crippen molar-refractivity contribution in [3.05, 3.63) is 94.3 Å². The zero-order valence-electron chi connectivity index (χ0n) is 15.2. The number of hydrogen-bond acceptors (Lipinski definition) is 4. The Morgan fingerprint density at radius 1 is 0.931 bits per heavy atom. The molecule has 0 radical (unpaired) electrons. The number of pyridine rings is 1. The fourth-order valence-corrected chi connectivity index (χ4v) is 4.83. The summed E-state index contributed by atoms with van der Waals surface area (Å²) in [6.45, 7) is 0.164. The highest BCUT2D eigenvalue weighted by Crippen LogP contribution is 2.25. The van der Waals surface area contributed by atoms with Crippen molar-refractivity contribution in [2.24, 2.45) is 0 Å². The van der Waals surface area contributed by atoms with Crippen LogP contribution in [0.5, 0.6) is 0 Å². The van der Waals surface area contributed by atoms with Crippen LogP contribution in [0.15, 0.2) is 88.6 Å². The van der Waals surface area contributed by atoms with Crippen molar-refractivity contribution in [2.75, 3.05) is 0 Å². The average Bonchev–Trinajstić information content (AvgIpc) is 3.27. The number of nitrogens with one attached hydrogen (secondary N) is 1. The van der Waals surface area contributed by atoms with E-state index >= 15 is 0 Å². The van der Waals surface area contributed by atoms with Gasteiger partial charge in [0.15, 0.2) is 0 Å². The Morgan fingerprint density at radius 3 is 2.48 bits per heavy atom. The number of hydrogen-bond donors (Lipinski definition) is 1. The summed E-state index contributed by atoms with van der Waals surface area (Å²) in [5.74, 6) is 0. The van der Waals surface area contributed by atoms with Gasteiger partial charge in [-0.2, -0.15) is 11.3 Å². The molecular formula is C22H17ClN2O2S2. The summed E-state index contributed by atoms with van der Waals surface area (Å²) in [5, 5.41) is 4.60. The highest BCUT2D eigenvalue weighted by Gasteiger charge is 2.15. The largest absolute Gasteiger partial charge is 0.256 e. The van der Waals surface area contributed by atoms with Crippen molar-refractivity contribution in [3.8, 4) is 22.4 Å². The van der Waals surface area contributed by atoms with E-state index in [2.05, 4.69) is 9.71 Å². The molecule has 0 aliphatic rings. The minimum atomic E-state index is -3.65. The predicted molar refractivity (Wildman–Crippen MR) is 118 cm³/mol. The second kappa shape index (κ2) is 8.47. The van der Waals surface area contributed by atoms with Crippen LogP contribution in [0.3, 0.4) is 0 Å². The molecule has 0 bridgehead atoms. The molecule has 4 nitrogen and oxygen atoms in total. The molecule has 0 saturated carbocycles. The molecule has 0 atom stereocenters. The van der Waals surface area contributed by atoms with E-state index in [0.717, 1.165) is 27.9 Å². The molecule has 0 aliphatic heterocycles. The summed E-state index contributed by atoms with van der Waals surface area (Å²) in [7, 11) is -3.65. The summed E-state index contributed by atoms with van der Waals surface area (Å²) in [5.41, 5.74) is 4.43. The van der Waals surface area contributed by atoms with Gasteiger partial charge in [0.2, 0.25) is 10.0 Å². The Kier molecular flexibility index (Phi) is 5.78. The third-order valence-corrected chi connectivity index (χ3v) is 6.80. The third kappa shape index (κ3) is 4.57. The van der Waals surface area contributed by atoms with Crippen LogP contribution >= 0.6 is 22.9 Å². The normalized spacial score (nSPS) is 11.5. The van der Waals surface area contributed by atoms with Gasteiger partial charge in [-0.05, 0) is 58.5 Å². The van der Waals surface area contributed by atoms with Crippen LogP contribution in [0.4, 0.5) is 0 Å². The van der Waals surface area contributed by atoms with Gasteiger partial charge in [0, 0.05) is 28.7 Å². The highest BCUT2D eigenvalue weighted by atomic mass is 35.5. The van der Waals surface area contributed by atoms with Gasteiger partial charge < -0.3 is 0 Å². The number of aromatic nitrogens is 1. The van der Waals surface area contributed by atoms with Gasteiger partial charge in [0.25, 0.3) is 0 Å². The monoisotopic (exact) mass is 440 g/mol. The topological polar surface area (TPSA) is 59.1 Å². The van der Waals surface area contributed by atoms with Crippen molar-refractivity contribution in [1.82, 2.24) is 9.71 Å². The second-order valence-corrected chi connectivity index (χ2v) is 9.37. The highest BCUT2D eigenvalue weighted by molar-refractivity contribution is 7.89. The Hall–Kier alpha value is -2.51. The Morgan fingerprint density at radius 2 is 1.76 bits per heavy atom.